The van der Waals surface area contributed by atoms with Gasteiger partial charge in [-0.15, -0.1) is 0 Å². The number of hydrogen-bond donors (Lipinski definition) is 0. The quantitative estimate of drug-likeness (QED) is 0.121. The molecule has 0 bridgehead atoms. The zero-order valence-electron chi connectivity index (χ0n) is 30.2. The van der Waals surface area contributed by atoms with Gasteiger partial charge in [-0.05, 0) is 132 Å². The highest BCUT2D eigenvalue weighted by Gasteiger charge is 2.22. The Morgan fingerprint density at radius 1 is 0.438 bits per heavy atom. The van der Waals surface area contributed by atoms with Crippen molar-refractivity contribution in [2.45, 2.75) is 105 Å². The van der Waals surface area contributed by atoms with Crippen molar-refractivity contribution >= 4 is 34.6 Å². The van der Waals surface area contributed by atoms with Gasteiger partial charge in [0.2, 0.25) is 0 Å². The maximum absolute atomic E-state index is 5.43. The van der Waals surface area contributed by atoms with Gasteiger partial charge in [0.05, 0.1) is 0 Å². The smallest absolute Gasteiger partial charge is 0.141 e. The summed E-state index contributed by atoms with van der Waals surface area (Å²) in [5.74, 6) is 5.09. The van der Waals surface area contributed by atoms with E-state index >= 15 is 0 Å². The van der Waals surface area contributed by atoms with Crippen molar-refractivity contribution in [3.8, 4) is 0 Å². The molecule has 5 rings (SSSR count). The third kappa shape index (κ3) is 7.78. The minimum atomic E-state index is 0.427. The van der Waals surface area contributed by atoms with Gasteiger partial charge in [0.15, 0.2) is 0 Å². The topological polar surface area (TPSA) is 45.2 Å². The SMILES string of the molecule is CCC(C)c1cccc(N(c2cc(C(C)CC)ccn2)c2cccc(N(c3cccc(C(C)CC)c3)c3cc(C(C)CC)ccn3)n2)c1. The highest BCUT2D eigenvalue weighted by Crippen LogP contribution is 2.40. The molecular formula is C43H53N5. The van der Waals surface area contributed by atoms with E-state index in [-0.39, 0.29) is 0 Å². The van der Waals surface area contributed by atoms with Gasteiger partial charge in [-0.2, -0.15) is 0 Å². The minimum Gasteiger partial charge on any atom is -0.279 e. The summed E-state index contributed by atoms with van der Waals surface area (Å²) < 4.78 is 0. The number of hydrogen-bond acceptors (Lipinski definition) is 5. The van der Waals surface area contributed by atoms with E-state index in [9.17, 15) is 0 Å². The molecule has 0 amide bonds. The van der Waals surface area contributed by atoms with Crippen LogP contribution in [0, 0.1) is 0 Å². The van der Waals surface area contributed by atoms with Crippen LogP contribution in [-0.2, 0) is 0 Å². The lowest BCUT2D eigenvalue weighted by atomic mass is 9.97. The van der Waals surface area contributed by atoms with Crippen LogP contribution < -0.4 is 9.80 Å². The van der Waals surface area contributed by atoms with E-state index < -0.39 is 0 Å². The minimum absolute atomic E-state index is 0.427. The summed E-state index contributed by atoms with van der Waals surface area (Å²) in [6, 6.07) is 32.7. The van der Waals surface area contributed by atoms with Gasteiger partial charge in [-0.25, -0.2) is 15.0 Å². The van der Waals surface area contributed by atoms with Crippen LogP contribution in [-0.4, -0.2) is 15.0 Å². The number of rotatable bonds is 14. The Balaban J connectivity index is 1.71. The van der Waals surface area contributed by atoms with E-state index in [0.29, 0.717) is 23.7 Å². The average molecular weight is 640 g/mol. The second-order valence-corrected chi connectivity index (χ2v) is 13.3. The van der Waals surface area contributed by atoms with Crippen molar-refractivity contribution < 1.29 is 0 Å². The molecule has 0 fully saturated rings. The molecule has 0 saturated carbocycles. The number of benzene rings is 2. The average Bonchev–Trinajstić information content (AvgIpc) is 3.14. The summed E-state index contributed by atoms with van der Waals surface area (Å²) in [6.07, 6.45) is 8.15. The van der Waals surface area contributed by atoms with Gasteiger partial charge in [0, 0.05) is 23.8 Å². The summed E-state index contributed by atoms with van der Waals surface area (Å²) in [5.41, 5.74) is 7.27. The lowest BCUT2D eigenvalue weighted by Crippen LogP contribution is -2.18. The van der Waals surface area contributed by atoms with Crippen LogP contribution in [0.2, 0.25) is 0 Å². The zero-order chi connectivity index (χ0) is 34.2. The fraction of sp³-hybridized carbons (Fsp3) is 0.372. The van der Waals surface area contributed by atoms with E-state index in [1.807, 2.05) is 12.4 Å². The monoisotopic (exact) mass is 639 g/mol. The normalized spacial score (nSPS) is 13.8. The molecule has 4 atom stereocenters. The van der Waals surface area contributed by atoms with Crippen molar-refractivity contribution in [2.75, 3.05) is 9.80 Å². The van der Waals surface area contributed by atoms with Gasteiger partial charge in [-0.3, -0.25) is 9.80 Å². The van der Waals surface area contributed by atoms with Crippen LogP contribution in [0.1, 0.15) is 127 Å². The second kappa shape index (κ2) is 16.1. The third-order valence-electron chi connectivity index (χ3n) is 10.2. The molecule has 0 spiro atoms. The van der Waals surface area contributed by atoms with Crippen LogP contribution in [0.3, 0.4) is 0 Å². The maximum atomic E-state index is 5.43. The van der Waals surface area contributed by atoms with E-state index in [1.54, 1.807) is 0 Å². The summed E-state index contributed by atoms with van der Waals surface area (Å²) in [5, 5.41) is 0. The van der Waals surface area contributed by atoms with Gasteiger partial charge in [0.1, 0.15) is 23.3 Å². The molecule has 0 aliphatic heterocycles. The highest BCUT2D eigenvalue weighted by atomic mass is 15.3. The van der Waals surface area contributed by atoms with E-state index in [2.05, 4.69) is 156 Å². The van der Waals surface area contributed by atoms with E-state index in [4.69, 9.17) is 15.0 Å². The molecule has 0 aliphatic carbocycles. The molecule has 5 nitrogen and oxygen atoms in total. The Kier molecular flexibility index (Phi) is 11.6. The maximum Gasteiger partial charge on any atom is 0.141 e. The predicted molar refractivity (Wildman–Crippen MR) is 204 cm³/mol. The number of aromatic nitrogens is 3. The van der Waals surface area contributed by atoms with Gasteiger partial charge >= 0.3 is 0 Å². The van der Waals surface area contributed by atoms with Crippen molar-refractivity contribution in [1.82, 2.24) is 15.0 Å². The molecule has 250 valence electrons. The molecule has 0 N–H and O–H groups in total. The zero-order valence-corrected chi connectivity index (χ0v) is 30.2. The Morgan fingerprint density at radius 2 is 0.792 bits per heavy atom. The first-order valence-corrected chi connectivity index (χ1v) is 18.0. The van der Waals surface area contributed by atoms with E-state index in [0.717, 1.165) is 60.3 Å². The van der Waals surface area contributed by atoms with Gasteiger partial charge in [-0.1, -0.05) is 85.7 Å². The van der Waals surface area contributed by atoms with Gasteiger partial charge < -0.3 is 0 Å². The third-order valence-corrected chi connectivity index (χ3v) is 10.2. The summed E-state index contributed by atoms with van der Waals surface area (Å²) in [7, 11) is 0. The lowest BCUT2D eigenvalue weighted by Gasteiger charge is -2.28. The first-order valence-electron chi connectivity index (χ1n) is 18.0. The Hall–Kier alpha value is -4.51. The number of anilines is 6. The van der Waals surface area contributed by atoms with E-state index in [1.165, 1.54) is 22.3 Å². The van der Waals surface area contributed by atoms with Crippen LogP contribution >= 0.6 is 0 Å². The largest absolute Gasteiger partial charge is 0.279 e. The molecular weight excluding hydrogens is 587 g/mol. The van der Waals surface area contributed by atoms with Crippen molar-refractivity contribution in [3.63, 3.8) is 0 Å². The number of nitrogens with zero attached hydrogens (tertiary/aromatic N) is 5. The second-order valence-electron chi connectivity index (χ2n) is 13.3. The molecule has 3 heterocycles. The fourth-order valence-corrected chi connectivity index (χ4v) is 6.03. The van der Waals surface area contributed by atoms with Crippen LogP contribution in [0.4, 0.5) is 34.6 Å². The summed E-state index contributed by atoms with van der Waals surface area (Å²) >= 11 is 0. The molecule has 5 heteroatoms. The van der Waals surface area contributed by atoms with Crippen molar-refractivity contribution in [1.29, 1.82) is 0 Å². The summed E-state index contributed by atoms with van der Waals surface area (Å²) in [6.45, 7) is 18.1. The molecule has 2 aromatic carbocycles. The standard InChI is InChI=1S/C43H53N5/c1-9-30(5)34-16-13-18-38(26-34)47(42-28-36(22-24-44-42)32(7)11-3)40-20-15-21-41(46-40)48(39-19-14-17-35(27-39)31(6)10-2)43-29-37(23-25-45-43)33(8)12-4/h13-33H,9-12H2,1-8H3. The molecule has 3 aromatic heterocycles. The Labute approximate surface area is 289 Å². The molecule has 5 aromatic rings. The van der Waals surface area contributed by atoms with Crippen molar-refractivity contribution in [3.05, 3.63) is 126 Å². The molecule has 4 unspecified atom stereocenters. The van der Waals surface area contributed by atoms with Crippen LogP contribution in [0.15, 0.2) is 103 Å². The van der Waals surface area contributed by atoms with Crippen LogP contribution in [0.5, 0.6) is 0 Å². The Bertz CT molecular complexity index is 1550. The number of pyridine rings is 3. The summed E-state index contributed by atoms with van der Waals surface area (Å²) in [4.78, 5) is 19.7. The molecule has 0 radical (unpaired) electrons. The highest BCUT2D eigenvalue weighted by molar-refractivity contribution is 5.77. The Morgan fingerprint density at radius 3 is 1.17 bits per heavy atom. The van der Waals surface area contributed by atoms with Gasteiger partial charge in [0.25, 0.3) is 0 Å². The fourth-order valence-electron chi connectivity index (χ4n) is 6.03. The predicted octanol–water partition coefficient (Wildman–Crippen LogP) is 12.9. The molecule has 48 heavy (non-hydrogen) atoms. The molecule has 0 aliphatic rings. The first kappa shape index (κ1) is 34.8. The first-order chi connectivity index (χ1) is 23.3. The van der Waals surface area contributed by atoms with Crippen LogP contribution in [0.25, 0.3) is 0 Å². The molecule has 0 saturated heterocycles. The lowest BCUT2D eigenvalue weighted by molar-refractivity contribution is 0.731. The van der Waals surface area contributed by atoms with Crippen molar-refractivity contribution in [2.24, 2.45) is 0 Å².